The second kappa shape index (κ2) is 7.45. The Bertz CT molecular complexity index is 400. The quantitative estimate of drug-likeness (QED) is 0.723. The van der Waals surface area contributed by atoms with E-state index in [0.29, 0.717) is 17.9 Å². The maximum Gasteiger partial charge on any atom is 0.307 e. The topological polar surface area (TPSA) is 75.6 Å². The SMILES string of the molecule is CCCOCC(=O)Nc1ccc(CC(=O)O)cc1. The minimum Gasteiger partial charge on any atom is -0.481 e. The Kier molecular flexibility index (Phi) is 5.87. The van der Waals surface area contributed by atoms with E-state index in [2.05, 4.69) is 5.32 Å². The molecule has 0 aliphatic heterocycles. The summed E-state index contributed by atoms with van der Waals surface area (Å²) in [7, 11) is 0. The number of nitrogens with one attached hydrogen (secondary N) is 1. The summed E-state index contributed by atoms with van der Waals surface area (Å²) in [5.74, 6) is -1.09. The molecule has 18 heavy (non-hydrogen) atoms. The number of carboxylic acid groups (broad SMARTS) is 1. The first-order valence-electron chi connectivity index (χ1n) is 5.80. The molecule has 0 radical (unpaired) electrons. The molecule has 98 valence electrons. The van der Waals surface area contributed by atoms with Gasteiger partial charge in [-0.1, -0.05) is 19.1 Å². The summed E-state index contributed by atoms with van der Waals surface area (Å²) in [6.07, 6.45) is 0.852. The Morgan fingerprint density at radius 1 is 1.28 bits per heavy atom. The number of carbonyl (C=O) groups is 2. The third-order valence-corrected chi connectivity index (χ3v) is 2.17. The largest absolute Gasteiger partial charge is 0.481 e. The van der Waals surface area contributed by atoms with Crippen LogP contribution in [0, 0.1) is 0 Å². The van der Waals surface area contributed by atoms with Crippen LogP contribution in [-0.4, -0.2) is 30.2 Å². The molecule has 0 atom stereocenters. The van der Waals surface area contributed by atoms with Gasteiger partial charge in [-0.25, -0.2) is 0 Å². The Morgan fingerprint density at radius 3 is 2.50 bits per heavy atom. The summed E-state index contributed by atoms with van der Waals surface area (Å²) in [6, 6.07) is 6.71. The van der Waals surface area contributed by atoms with E-state index in [4.69, 9.17) is 9.84 Å². The van der Waals surface area contributed by atoms with Gasteiger partial charge in [0.1, 0.15) is 6.61 Å². The van der Waals surface area contributed by atoms with E-state index in [1.807, 2.05) is 6.92 Å². The third kappa shape index (κ3) is 5.45. The van der Waals surface area contributed by atoms with Crippen molar-refractivity contribution in [3.05, 3.63) is 29.8 Å². The second-order valence-corrected chi connectivity index (χ2v) is 3.87. The zero-order chi connectivity index (χ0) is 13.4. The van der Waals surface area contributed by atoms with Crippen molar-refractivity contribution in [1.82, 2.24) is 0 Å². The third-order valence-electron chi connectivity index (χ3n) is 2.17. The van der Waals surface area contributed by atoms with Crippen LogP contribution in [0.3, 0.4) is 0 Å². The summed E-state index contributed by atoms with van der Waals surface area (Å²) in [4.78, 5) is 21.9. The van der Waals surface area contributed by atoms with Crippen LogP contribution in [0.15, 0.2) is 24.3 Å². The van der Waals surface area contributed by atoms with Crippen molar-refractivity contribution in [2.24, 2.45) is 0 Å². The number of anilines is 1. The number of ether oxygens (including phenoxy) is 1. The first kappa shape index (κ1) is 14.2. The van der Waals surface area contributed by atoms with Crippen LogP contribution in [0.4, 0.5) is 5.69 Å². The monoisotopic (exact) mass is 251 g/mol. The highest BCUT2D eigenvalue weighted by atomic mass is 16.5. The molecule has 0 unspecified atom stereocenters. The van der Waals surface area contributed by atoms with Gasteiger partial charge in [0.15, 0.2) is 0 Å². The van der Waals surface area contributed by atoms with Crippen LogP contribution >= 0.6 is 0 Å². The molecule has 5 heteroatoms. The smallest absolute Gasteiger partial charge is 0.307 e. The lowest BCUT2D eigenvalue weighted by molar-refractivity contribution is -0.136. The van der Waals surface area contributed by atoms with Crippen molar-refractivity contribution >= 4 is 17.6 Å². The van der Waals surface area contributed by atoms with Gasteiger partial charge in [0.05, 0.1) is 6.42 Å². The van der Waals surface area contributed by atoms with Crippen LogP contribution in [0.1, 0.15) is 18.9 Å². The van der Waals surface area contributed by atoms with E-state index < -0.39 is 5.97 Å². The van der Waals surface area contributed by atoms with Crippen molar-refractivity contribution in [2.45, 2.75) is 19.8 Å². The van der Waals surface area contributed by atoms with Crippen LogP contribution in [0.5, 0.6) is 0 Å². The fourth-order valence-electron chi connectivity index (χ4n) is 1.39. The van der Waals surface area contributed by atoms with Gasteiger partial charge in [0, 0.05) is 12.3 Å². The minimum absolute atomic E-state index is 0.0200. The first-order valence-corrected chi connectivity index (χ1v) is 5.80. The van der Waals surface area contributed by atoms with Crippen molar-refractivity contribution < 1.29 is 19.4 Å². The standard InChI is InChI=1S/C13H17NO4/c1-2-7-18-9-12(15)14-11-5-3-10(4-6-11)8-13(16)17/h3-6H,2,7-9H2,1H3,(H,14,15)(H,16,17). The summed E-state index contributed by atoms with van der Waals surface area (Å²) in [5.41, 5.74) is 1.33. The van der Waals surface area contributed by atoms with E-state index in [1.165, 1.54) is 0 Å². The van der Waals surface area contributed by atoms with Crippen molar-refractivity contribution in [3.63, 3.8) is 0 Å². The minimum atomic E-state index is -0.875. The number of amides is 1. The molecule has 2 N–H and O–H groups in total. The lowest BCUT2D eigenvalue weighted by atomic mass is 10.1. The van der Waals surface area contributed by atoms with Gasteiger partial charge in [0.2, 0.25) is 5.91 Å². The Morgan fingerprint density at radius 2 is 1.94 bits per heavy atom. The predicted octanol–water partition coefficient (Wildman–Crippen LogP) is 1.68. The zero-order valence-corrected chi connectivity index (χ0v) is 10.3. The molecular weight excluding hydrogens is 234 g/mol. The van der Waals surface area contributed by atoms with Gasteiger partial charge in [-0.3, -0.25) is 9.59 Å². The maximum absolute atomic E-state index is 11.4. The number of hydrogen-bond donors (Lipinski definition) is 2. The fraction of sp³-hybridized carbons (Fsp3) is 0.385. The highest BCUT2D eigenvalue weighted by Gasteiger charge is 2.03. The first-order chi connectivity index (χ1) is 8.61. The molecule has 0 fully saturated rings. The Balaban J connectivity index is 2.43. The highest BCUT2D eigenvalue weighted by Crippen LogP contribution is 2.10. The Hall–Kier alpha value is -1.88. The van der Waals surface area contributed by atoms with E-state index in [0.717, 1.165) is 6.42 Å². The molecule has 0 aromatic heterocycles. The van der Waals surface area contributed by atoms with Gasteiger partial charge >= 0.3 is 5.97 Å². The molecule has 1 amide bonds. The maximum atomic E-state index is 11.4. The van der Waals surface area contributed by atoms with Gasteiger partial charge in [-0.05, 0) is 24.1 Å². The lowest BCUT2D eigenvalue weighted by Gasteiger charge is -2.06. The molecule has 0 saturated heterocycles. The number of carbonyl (C=O) groups excluding carboxylic acids is 1. The normalized spacial score (nSPS) is 10.1. The van der Waals surface area contributed by atoms with Gasteiger partial charge in [-0.2, -0.15) is 0 Å². The molecule has 0 saturated carbocycles. The molecular formula is C13H17NO4. The summed E-state index contributed by atoms with van der Waals surface area (Å²) >= 11 is 0. The number of benzene rings is 1. The van der Waals surface area contributed by atoms with Crippen molar-refractivity contribution in [1.29, 1.82) is 0 Å². The molecule has 0 bridgehead atoms. The molecule has 1 aromatic carbocycles. The molecule has 0 heterocycles. The number of aliphatic carboxylic acids is 1. The number of hydrogen-bond acceptors (Lipinski definition) is 3. The lowest BCUT2D eigenvalue weighted by Crippen LogP contribution is -2.18. The molecule has 0 aliphatic carbocycles. The summed E-state index contributed by atoms with van der Waals surface area (Å²) in [6.45, 7) is 2.56. The van der Waals surface area contributed by atoms with Crippen LogP contribution in [0.25, 0.3) is 0 Å². The van der Waals surface area contributed by atoms with Crippen molar-refractivity contribution in [3.8, 4) is 0 Å². The van der Waals surface area contributed by atoms with Crippen LogP contribution in [0.2, 0.25) is 0 Å². The van der Waals surface area contributed by atoms with E-state index in [1.54, 1.807) is 24.3 Å². The summed E-state index contributed by atoms with van der Waals surface area (Å²) in [5, 5.41) is 11.3. The Labute approximate surface area is 106 Å². The van der Waals surface area contributed by atoms with Gasteiger partial charge in [0.25, 0.3) is 0 Å². The molecule has 1 rings (SSSR count). The molecule has 1 aromatic rings. The molecule has 0 spiro atoms. The average molecular weight is 251 g/mol. The predicted molar refractivity (Wildman–Crippen MR) is 67.5 cm³/mol. The number of rotatable bonds is 7. The van der Waals surface area contributed by atoms with Crippen LogP contribution < -0.4 is 5.32 Å². The van der Waals surface area contributed by atoms with E-state index >= 15 is 0 Å². The van der Waals surface area contributed by atoms with E-state index in [9.17, 15) is 9.59 Å². The zero-order valence-electron chi connectivity index (χ0n) is 10.3. The average Bonchev–Trinajstić information content (AvgIpc) is 2.31. The molecule has 5 nitrogen and oxygen atoms in total. The van der Waals surface area contributed by atoms with Crippen LogP contribution in [-0.2, 0) is 20.7 Å². The van der Waals surface area contributed by atoms with Crippen molar-refractivity contribution in [2.75, 3.05) is 18.5 Å². The highest BCUT2D eigenvalue weighted by molar-refractivity contribution is 5.91. The van der Waals surface area contributed by atoms with E-state index in [-0.39, 0.29) is 18.9 Å². The summed E-state index contributed by atoms with van der Waals surface area (Å²) < 4.78 is 5.10. The second-order valence-electron chi connectivity index (χ2n) is 3.87. The van der Waals surface area contributed by atoms with Gasteiger partial charge < -0.3 is 15.2 Å². The number of carboxylic acids is 1. The molecule has 0 aliphatic rings. The fourth-order valence-corrected chi connectivity index (χ4v) is 1.39. The van der Waals surface area contributed by atoms with Gasteiger partial charge in [-0.15, -0.1) is 0 Å².